The molecule has 36 heavy (non-hydrogen) atoms. The average Bonchev–Trinajstić information content (AvgIpc) is 2.95. The fourth-order valence-corrected chi connectivity index (χ4v) is 4.73. The van der Waals surface area contributed by atoms with E-state index in [2.05, 4.69) is 156 Å². The number of hydrogen-bond donors (Lipinski definition) is 1. The van der Waals surface area contributed by atoms with E-state index in [9.17, 15) is 0 Å². The summed E-state index contributed by atoms with van der Waals surface area (Å²) in [5, 5.41) is 6.12. The van der Waals surface area contributed by atoms with Crippen molar-refractivity contribution in [3.63, 3.8) is 0 Å². The van der Waals surface area contributed by atoms with Crippen LogP contribution in [-0.4, -0.2) is 0 Å². The molecule has 6 rings (SSSR count). The van der Waals surface area contributed by atoms with Gasteiger partial charge in [-0.2, -0.15) is 0 Å². The minimum absolute atomic E-state index is 1.06. The predicted octanol–water partition coefficient (Wildman–Crippen LogP) is 9.72. The van der Waals surface area contributed by atoms with Crippen LogP contribution in [0.3, 0.4) is 0 Å². The van der Waals surface area contributed by atoms with E-state index in [0.717, 1.165) is 34.0 Å². The normalized spacial score (nSPS) is 10.8. The summed E-state index contributed by atoms with van der Waals surface area (Å²) in [5.74, 6) is 0. The Bertz CT molecular complexity index is 1590. The van der Waals surface area contributed by atoms with Gasteiger partial charge in [-0.25, -0.2) is 0 Å². The van der Waals surface area contributed by atoms with E-state index in [0.29, 0.717) is 0 Å². The molecule has 0 aromatic heterocycles. The van der Waals surface area contributed by atoms with Crippen LogP contribution in [0, 0.1) is 0 Å². The van der Waals surface area contributed by atoms with Crippen LogP contribution in [0.2, 0.25) is 0 Å². The molecular weight excluding hydrogens is 436 g/mol. The molecule has 0 saturated carbocycles. The van der Waals surface area contributed by atoms with Crippen molar-refractivity contribution in [3.8, 4) is 11.1 Å². The predicted molar refractivity (Wildman–Crippen MR) is 154 cm³/mol. The van der Waals surface area contributed by atoms with Crippen molar-refractivity contribution in [2.24, 2.45) is 0 Å². The summed E-state index contributed by atoms with van der Waals surface area (Å²) >= 11 is 0. The number of nitrogens with zero attached hydrogens (tertiary/aromatic N) is 1. The van der Waals surface area contributed by atoms with E-state index in [1.807, 2.05) is 6.07 Å². The minimum atomic E-state index is 1.06. The SMILES string of the molecule is c1ccc(Nc2cc(N(c3ccccc3)c3cccc4ccccc34)ccc2-c2ccccc2)cc1. The van der Waals surface area contributed by atoms with Crippen molar-refractivity contribution in [1.82, 2.24) is 0 Å². The van der Waals surface area contributed by atoms with Gasteiger partial charge in [-0.05, 0) is 53.4 Å². The van der Waals surface area contributed by atoms with Gasteiger partial charge in [0.05, 0.1) is 5.69 Å². The van der Waals surface area contributed by atoms with Crippen molar-refractivity contribution < 1.29 is 0 Å². The van der Waals surface area contributed by atoms with Gasteiger partial charge in [-0.3, -0.25) is 0 Å². The molecule has 0 saturated heterocycles. The van der Waals surface area contributed by atoms with Crippen LogP contribution in [0.1, 0.15) is 0 Å². The third-order valence-electron chi connectivity index (χ3n) is 6.42. The lowest BCUT2D eigenvalue weighted by Crippen LogP contribution is -2.11. The second-order valence-corrected chi connectivity index (χ2v) is 8.76. The standard InChI is InChI=1S/C34H26N2/c1-4-13-26(14-5-1)31-24-23-30(25-33(31)35-28-17-6-2-7-18-28)36(29-19-8-3-9-20-29)34-22-12-16-27-15-10-11-21-32(27)34/h1-25,35H. The number of hydrogen-bond acceptors (Lipinski definition) is 2. The van der Waals surface area contributed by atoms with Crippen molar-refractivity contribution in [1.29, 1.82) is 0 Å². The Kier molecular flexibility index (Phi) is 5.91. The molecule has 0 heterocycles. The molecule has 0 aliphatic carbocycles. The maximum Gasteiger partial charge on any atom is 0.0540 e. The molecule has 172 valence electrons. The Morgan fingerprint density at radius 3 is 1.89 bits per heavy atom. The maximum absolute atomic E-state index is 3.68. The number of rotatable bonds is 6. The molecule has 0 spiro atoms. The molecule has 2 heteroatoms. The van der Waals surface area contributed by atoms with Gasteiger partial charge in [0.15, 0.2) is 0 Å². The number of anilines is 5. The number of benzene rings is 6. The topological polar surface area (TPSA) is 15.3 Å². The highest BCUT2D eigenvalue weighted by Gasteiger charge is 2.17. The minimum Gasteiger partial charge on any atom is -0.355 e. The number of para-hydroxylation sites is 2. The molecule has 0 radical (unpaired) electrons. The zero-order valence-electron chi connectivity index (χ0n) is 19.9. The smallest absolute Gasteiger partial charge is 0.0540 e. The summed E-state index contributed by atoms with van der Waals surface area (Å²) in [6.45, 7) is 0. The molecule has 2 nitrogen and oxygen atoms in total. The van der Waals surface area contributed by atoms with Gasteiger partial charge >= 0.3 is 0 Å². The molecule has 6 aromatic carbocycles. The summed E-state index contributed by atoms with van der Waals surface area (Å²) in [7, 11) is 0. The van der Waals surface area contributed by atoms with Crippen molar-refractivity contribution in [2.75, 3.05) is 10.2 Å². The summed E-state index contributed by atoms with van der Waals surface area (Å²) in [4.78, 5) is 2.34. The summed E-state index contributed by atoms with van der Waals surface area (Å²) < 4.78 is 0. The molecule has 0 amide bonds. The molecule has 0 atom stereocenters. The van der Waals surface area contributed by atoms with Crippen LogP contribution < -0.4 is 10.2 Å². The average molecular weight is 463 g/mol. The first-order valence-corrected chi connectivity index (χ1v) is 12.2. The third-order valence-corrected chi connectivity index (χ3v) is 6.42. The highest BCUT2D eigenvalue weighted by Crippen LogP contribution is 2.42. The van der Waals surface area contributed by atoms with Crippen LogP contribution in [0.4, 0.5) is 28.4 Å². The van der Waals surface area contributed by atoms with Gasteiger partial charge < -0.3 is 10.2 Å². The summed E-state index contributed by atoms with van der Waals surface area (Å²) in [6.07, 6.45) is 0. The van der Waals surface area contributed by atoms with Gasteiger partial charge in [0.25, 0.3) is 0 Å². The zero-order chi connectivity index (χ0) is 24.2. The number of nitrogens with one attached hydrogen (secondary N) is 1. The highest BCUT2D eigenvalue weighted by molar-refractivity contribution is 5.99. The lowest BCUT2D eigenvalue weighted by atomic mass is 10.0. The van der Waals surface area contributed by atoms with E-state index < -0.39 is 0 Å². The number of fused-ring (bicyclic) bond motifs is 1. The Balaban J connectivity index is 1.55. The van der Waals surface area contributed by atoms with Gasteiger partial charge in [-0.1, -0.05) is 109 Å². The Hall–Kier alpha value is -4.82. The molecule has 0 unspecified atom stereocenters. The summed E-state index contributed by atoms with van der Waals surface area (Å²) in [5.41, 5.74) is 7.82. The van der Waals surface area contributed by atoms with E-state index in [1.165, 1.54) is 16.3 Å². The molecule has 0 aliphatic heterocycles. The van der Waals surface area contributed by atoms with Crippen LogP contribution >= 0.6 is 0 Å². The van der Waals surface area contributed by atoms with Gasteiger partial charge in [0.1, 0.15) is 0 Å². The highest BCUT2D eigenvalue weighted by atomic mass is 15.1. The Morgan fingerprint density at radius 2 is 1.11 bits per heavy atom. The first-order valence-electron chi connectivity index (χ1n) is 12.2. The first-order chi connectivity index (χ1) is 17.9. The van der Waals surface area contributed by atoms with E-state index in [4.69, 9.17) is 0 Å². The largest absolute Gasteiger partial charge is 0.355 e. The van der Waals surface area contributed by atoms with Crippen LogP contribution in [0.15, 0.2) is 152 Å². The lowest BCUT2D eigenvalue weighted by Gasteiger charge is -2.28. The van der Waals surface area contributed by atoms with E-state index in [1.54, 1.807) is 0 Å². The molecule has 0 bridgehead atoms. The van der Waals surface area contributed by atoms with E-state index in [-0.39, 0.29) is 0 Å². The van der Waals surface area contributed by atoms with Gasteiger partial charge in [-0.15, -0.1) is 0 Å². The second kappa shape index (κ2) is 9.81. The molecule has 0 fully saturated rings. The molecule has 0 aliphatic rings. The molecule has 1 N–H and O–H groups in total. The van der Waals surface area contributed by atoms with Crippen molar-refractivity contribution >= 4 is 39.2 Å². The fourth-order valence-electron chi connectivity index (χ4n) is 4.73. The lowest BCUT2D eigenvalue weighted by molar-refractivity contribution is 1.30. The van der Waals surface area contributed by atoms with Crippen LogP contribution in [0.25, 0.3) is 21.9 Å². The van der Waals surface area contributed by atoms with Gasteiger partial charge in [0.2, 0.25) is 0 Å². The maximum atomic E-state index is 3.68. The zero-order valence-corrected chi connectivity index (χ0v) is 19.9. The quantitative estimate of drug-likeness (QED) is 0.265. The molecular formula is C34H26N2. The van der Waals surface area contributed by atoms with Crippen molar-refractivity contribution in [3.05, 3.63) is 152 Å². The Labute approximate surface area is 212 Å². The fraction of sp³-hybridized carbons (Fsp3) is 0. The third kappa shape index (κ3) is 4.33. The van der Waals surface area contributed by atoms with E-state index >= 15 is 0 Å². The molecule has 6 aromatic rings. The van der Waals surface area contributed by atoms with Crippen LogP contribution in [0.5, 0.6) is 0 Å². The van der Waals surface area contributed by atoms with Crippen LogP contribution in [-0.2, 0) is 0 Å². The second-order valence-electron chi connectivity index (χ2n) is 8.76. The monoisotopic (exact) mass is 462 g/mol. The van der Waals surface area contributed by atoms with Gasteiger partial charge in [0, 0.05) is 33.7 Å². The van der Waals surface area contributed by atoms with Crippen molar-refractivity contribution in [2.45, 2.75) is 0 Å². The first kappa shape index (κ1) is 21.7. The summed E-state index contributed by atoms with van der Waals surface area (Å²) in [6, 6.07) is 53.2. The Morgan fingerprint density at radius 1 is 0.472 bits per heavy atom.